The number of aryl methyl sites for hydroxylation is 1. The summed E-state index contributed by atoms with van der Waals surface area (Å²) < 4.78 is 0. The number of carbonyl (C=O) groups excluding carboxylic acids is 2. The third-order valence-corrected chi connectivity index (χ3v) is 5.54. The largest absolute Gasteiger partial charge is 0.353 e. The molecular formula is C22H24Cl2N2O2. The Balaban J connectivity index is 1.38. The molecular weight excluding hydrogens is 395 g/mol. The Kier molecular flexibility index (Phi) is 7.35. The molecule has 0 radical (unpaired) electrons. The monoisotopic (exact) mass is 418 g/mol. The minimum Gasteiger partial charge on any atom is -0.353 e. The van der Waals surface area contributed by atoms with E-state index in [1.54, 1.807) is 12.1 Å². The third kappa shape index (κ3) is 6.25. The van der Waals surface area contributed by atoms with Gasteiger partial charge in [-0.1, -0.05) is 47.5 Å². The van der Waals surface area contributed by atoms with Gasteiger partial charge in [0.15, 0.2) is 0 Å². The number of likely N-dealkylation sites (tertiary alicyclic amines) is 1. The van der Waals surface area contributed by atoms with Crippen molar-refractivity contribution in [1.29, 1.82) is 0 Å². The van der Waals surface area contributed by atoms with Crippen molar-refractivity contribution >= 4 is 35.0 Å². The Hall–Kier alpha value is -2.04. The van der Waals surface area contributed by atoms with Gasteiger partial charge in [-0.3, -0.25) is 9.59 Å². The average Bonchev–Trinajstić information content (AvgIpc) is 2.69. The second kappa shape index (κ2) is 9.94. The van der Waals surface area contributed by atoms with Crippen LogP contribution in [0.25, 0.3) is 0 Å². The fraction of sp³-hybridized carbons (Fsp3) is 0.364. The van der Waals surface area contributed by atoms with E-state index in [1.165, 1.54) is 0 Å². The summed E-state index contributed by atoms with van der Waals surface area (Å²) in [5, 5.41) is 4.45. The van der Waals surface area contributed by atoms with Crippen LogP contribution in [0.5, 0.6) is 0 Å². The van der Waals surface area contributed by atoms with Crippen LogP contribution in [0.1, 0.15) is 30.4 Å². The zero-order valence-corrected chi connectivity index (χ0v) is 17.2. The lowest BCUT2D eigenvalue weighted by Gasteiger charge is -2.32. The summed E-state index contributed by atoms with van der Waals surface area (Å²) in [6, 6.07) is 15.0. The van der Waals surface area contributed by atoms with Crippen LogP contribution >= 0.6 is 23.2 Å². The summed E-state index contributed by atoms with van der Waals surface area (Å²) in [4.78, 5) is 26.6. The van der Waals surface area contributed by atoms with Gasteiger partial charge in [0.25, 0.3) is 0 Å². The molecule has 0 spiro atoms. The first-order chi connectivity index (χ1) is 13.5. The maximum Gasteiger partial charge on any atom is 0.224 e. The van der Waals surface area contributed by atoms with Gasteiger partial charge in [0.2, 0.25) is 11.8 Å². The number of benzene rings is 2. The van der Waals surface area contributed by atoms with E-state index in [-0.39, 0.29) is 17.9 Å². The molecule has 1 saturated heterocycles. The first-order valence-electron chi connectivity index (χ1n) is 9.55. The van der Waals surface area contributed by atoms with Crippen molar-refractivity contribution < 1.29 is 9.59 Å². The van der Waals surface area contributed by atoms with E-state index >= 15 is 0 Å². The van der Waals surface area contributed by atoms with E-state index in [0.29, 0.717) is 42.4 Å². The Morgan fingerprint density at radius 3 is 2.00 bits per heavy atom. The summed E-state index contributed by atoms with van der Waals surface area (Å²) in [6.45, 7) is 1.37. The number of hydrogen-bond donors (Lipinski definition) is 1. The van der Waals surface area contributed by atoms with E-state index in [4.69, 9.17) is 23.2 Å². The highest BCUT2D eigenvalue weighted by atomic mass is 35.5. The minimum atomic E-state index is 0.00911. The van der Waals surface area contributed by atoms with E-state index in [9.17, 15) is 9.59 Å². The Bertz CT molecular complexity index is 798. The highest BCUT2D eigenvalue weighted by Gasteiger charge is 2.23. The Labute approximate surface area is 175 Å². The maximum atomic E-state index is 12.4. The fourth-order valence-corrected chi connectivity index (χ4v) is 3.65. The van der Waals surface area contributed by atoms with Gasteiger partial charge in [-0.05, 0) is 54.7 Å². The molecule has 0 aliphatic carbocycles. The maximum absolute atomic E-state index is 12.4. The molecule has 28 heavy (non-hydrogen) atoms. The second-order valence-corrected chi connectivity index (χ2v) is 8.03. The molecule has 1 aliphatic rings. The number of nitrogens with zero attached hydrogens (tertiary/aromatic N) is 1. The van der Waals surface area contributed by atoms with Gasteiger partial charge in [0.1, 0.15) is 0 Å². The number of nitrogens with one attached hydrogen (secondary N) is 1. The predicted octanol–water partition coefficient (Wildman–Crippen LogP) is 4.28. The molecule has 1 fully saturated rings. The number of hydrogen-bond acceptors (Lipinski definition) is 2. The molecule has 0 saturated carbocycles. The molecule has 3 rings (SSSR count). The van der Waals surface area contributed by atoms with E-state index < -0.39 is 0 Å². The van der Waals surface area contributed by atoms with Crippen LogP contribution in [0.2, 0.25) is 10.0 Å². The van der Waals surface area contributed by atoms with E-state index in [0.717, 1.165) is 24.0 Å². The molecule has 1 N–H and O–H groups in total. The lowest BCUT2D eigenvalue weighted by Crippen LogP contribution is -2.46. The van der Waals surface area contributed by atoms with Crippen LogP contribution in [-0.4, -0.2) is 35.8 Å². The van der Waals surface area contributed by atoms with E-state index in [2.05, 4.69) is 5.32 Å². The highest BCUT2D eigenvalue weighted by molar-refractivity contribution is 6.30. The highest BCUT2D eigenvalue weighted by Crippen LogP contribution is 2.15. The van der Waals surface area contributed by atoms with Crippen molar-refractivity contribution in [2.45, 2.75) is 38.1 Å². The SMILES string of the molecule is O=C(Cc1ccc(Cl)cc1)NC1CCN(C(=O)CCc2ccc(Cl)cc2)CC1. The molecule has 2 aromatic carbocycles. The number of carbonyl (C=O) groups is 2. The topological polar surface area (TPSA) is 49.4 Å². The van der Waals surface area contributed by atoms with Crippen molar-refractivity contribution in [3.63, 3.8) is 0 Å². The van der Waals surface area contributed by atoms with Crippen molar-refractivity contribution in [2.75, 3.05) is 13.1 Å². The standard InChI is InChI=1S/C22H24Cl2N2O2/c23-18-6-1-16(2-7-18)5-10-22(28)26-13-11-20(12-14-26)25-21(27)15-17-3-8-19(24)9-4-17/h1-4,6-9,20H,5,10-15H2,(H,25,27). The normalized spacial score (nSPS) is 14.7. The quantitative estimate of drug-likeness (QED) is 0.760. The predicted molar refractivity (Wildman–Crippen MR) is 113 cm³/mol. The third-order valence-electron chi connectivity index (χ3n) is 5.03. The van der Waals surface area contributed by atoms with Crippen molar-refractivity contribution in [3.8, 4) is 0 Å². The Morgan fingerprint density at radius 1 is 0.893 bits per heavy atom. The number of rotatable bonds is 6. The van der Waals surface area contributed by atoms with Crippen LogP contribution in [0, 0.1) is 0 Å². The molecule has 0 aromatic heterocycles. The molecule has 0 unspecified atom stereocenters. The number of halogens is 2. The van der Waals surface area contributed by atoms with Gasteiger partial charge in [0.05, 0.1) is 6.42 Å². The fourth-order valence-electron chi connectivity index (χ4n) is 3.40. The smallest absolute Gasteiger partial charge is 0.224 e. The summed E-state index contributed by atoms with van der Waals surface area (Å²) in [5.41, 5.74) is 2.05. The molecule has 148 valence electrons. The first-order valence-corrected chi connectivity index (χ1v) is 10.3. The molecule has 4 nitrogen and oxygen atoms in total. The molecule has 6 heteroatoms. The lowest BCUT2D eigenvalue weighted by molar-refractivity contribution is -0.132. The van der Waals surface area contributed by atoms with Crippen LogP contribution in [-0.2, 0) is 22.4 Å². The summed E-state index contributed by atoms with van der Waals surface area (Å²) in [6.07, 6.45) is 3.14. The van der Waals surface area contributed by atoms with Crippen LogP contribution in [0.3, 0.4) is 0 Å². The van der Waals surface area contributed by atoms with Crippen molar-refractivity contribution in [3.05, 3.63) is 69.7 Å². The van der Waals surface area contributed by atoms with Gasteiger partial charge in [-0.2, -0.15) is 0 Å². The van der Waals surface area contributed by atoms with Crippen molar-refractivity contribution in [2.24, 2.45) is 0 Å². The summed E-state index contributed by atoms with van der Waals surface area (Å²) >= 11 is 11.8. The second-order valence-electron chi connectivity index (χ2n) is 7.15. The molecule has 2 aromatic rings. The molecule has 1 heterocycles. The van der Waals surface area contributed by atoms with Gasteiger partial charge >= 0.3 is 0 Å². The zero-order valence-electron chi connectivity index (χ0n) is 15.7. The number of piperidine rings is 1. The summed E-state index contributed by atoms with van der Waals surface area (Å²) in [7, 11) is 0. The minimum absolute atomic E-state index is 0.00911. The number of amides is 2. The zero-order chi connectivity index (χ0) is 19.9. The first kappa shape index (κ1) is 20.7. The van der Waals surface area contributed by atoms with Crippen molar-refractivity contribution in [1.82, 2.24) is 10.2 Å². The molecule has 2 amide bonds. The van der Waals surface area contributed by atoms with Crippen LogP contribution < -0.4 is 5.32 Å². The van der Waals surface area contributed by atoms with Crippen LogP contribution in [0.15, 0.2) is 48.5 Å². The van der Waals surface area contributed by atoms with Gasteiger partial charge < -0.3 is 10.2 Å². The molecule has 0 atom stereocenters. The lowest BCUT2D eigenvalue weighted by atomic mass is 10.0. The van der Waals surface area contributed by atoms with Gasteiger partial charge in [-0.25, -0.2) is 0 Å². The van der Waals surface area contributed by atoms with Gasteiger partial charge in [0, 0.05) is 35.6 Å². The summed E-state index contributed by atoms with van der Waals surface area (Å²) in [5.74, 6) is 0.177. The van der Waals surface area contributed by atoms with Crippen LogP contribution in [0.4, 0.5) is 0 Å². The van der Waals surface area contributed by atoms with Gasteiger partial charge in [-0.15, -0.1) is 0 Å². The Morgan fingerprint density at radius 2 is 1.43 bits per heavy atom. The average molecular weight is 419 g/mol. The molecule has 0 bridgehead atoms. The molecule has 1 aliphatic heterocycles. The van der Waals surface area contributed by atoms with E-state index in [1.807, 2.05) is 41.3 Å².